The van der Waals surface area contributed by atoms with Crippen molar-refractivity contribution >= 4 is 0 Å². The van der Waals surface area contributed by atoms with E-state index in [1.165, 1.54) is 0 Å². The monoisotopic (exact) mass is 416 g/mol. The first-order valence-corrected chi connectivity index (χ1v) is 10.7. The van der Waals surface area contributed by atoms with Crippen LogP contribution in [0.3, 0.4) is 0 Å². The van der Waals surface area contributed by atoms with Gasteiger partial charge in [-0.15, -0.1) is 5.10 Å². The van der Waals surface area contributed by atoms with Crippen molar-refractivity contribution in [3.05, 3.63) is 59.8 Å². The highest BCUT2D eigenvalue weighted by molar-refractivity contribution is 5.78. The van der Waals surface area contributed by atoms with Gasteiger partial charge in [0.25, 0.3) is 0 Å². The average Bonchev–Trinajstić information content (AvgIpc) is 3.43. The van der Waals surface area contributed by atoms with Gasteiger partial charge in [-0.2, -0.15) is 5.10 Å². The summed E-state index contributed by atoms with van der Waals surface area (Å²) in [6.07, 6.45) is 5.08. The molecule has 0 unspecified atom stereocenters. The average molecular weight is 417 g/mol. The molecule has 0 aliphatic rings. The van der Waals surface area contributed by atoms with Crippen molar-refractivity contribution < 1.29 is 0 Å². The van der Waals surface area contributed by atoms with Gasteiger partial charge in [-0.25, -0.2) is 14.8 Å². The summed E-state index contributed by atoms with van der Waals surface area (Å²) in [6, 6.07) is 12.1. The number of aromatic amines is 1. The molecule has 8 nitrogen and oxygen atoms in total. The van der Waals surface area contributed by atoms with Crippen molar-refractivity contribution in [2.24, 2.45) is 0 Å². The number of tetrazole rings is 1. The first-order chi connectivity index (χ1) is 15.0. The van der Waals surface area contributed by atoms with Crippen LogP contribution in [0, 0.1) is 0 Å². The number of pyridine rings is 1. The Morgan fingerprint density at radius 2 is 1.84 bits per heavy atom. The minimum atomic E-state index is -0.0758. The number of benzene rings is 1. The Morgan fingerprint density at radius 3 is 2.48 bits per heavy atom. The standard InChI is InChI=1S/C23H28N8/c1-5-6-11-20-25-22(23(2,3)4)28-31(20)15-16-12-13-19(24-14-16)17-9-7-8-10-18(17)21-26-29-30-27-21/h7-10,12-14H,5-6,11,15H2,1-4H3,(H,26,27,29,30). The Kier molecular flexibility index (Phi) is 5.88. The fourth-order valence-corrected chi connectivity index (χ4v) is 3.38. The number of hydrogen-bond donors (Lipinski definition) is 1. The number of hydrogen-bond acceptors (Lipinski definition) is 6. The molecule has 1 aromatic carbocycles. The molecule has 0 fully saturated rings. The molecule has 0 amide bonds. The number of nitrogens with zero attached hydrogens (tertiary/aromatic N) is 7. The maximum atomic E-state index is 4.83. The van der Waals surface area contributed by atoms with Gasteiger partial charge in [-0.05, 0) is 28.5 Å². The van der Waals surface area contributed by atoms with E-state index in [2.05, 4.69) is 54.4 Å². The molecule has 0 aliphatic carbocycles. The molecule has 3 heterocycles. The number of aromatic nitrogens is 8. The summed E-state index contributed by atoms with van der Waals surface area (Å²) in [5, 5.41) is 19.0. The van der Waals surface area contributed by atoms with Crippen LogP contribution in [0.4, 0.5) is 0 Å². The lowest BCUT2D eigenvalue weighted by molar-refractivity contribution is 0.532. The molecule has 0 saturated carbocycles. The van der Waals surface area contributed by atoms with Crippen molar-refractivity contribution in [3.63, 3.8) is 0 Å². The zero-order valence-electron chi connectivity index (χ0n) is 18.5. The molecular formula is C23H28N8. The van der Waals surface area contributed by atoms with Gasteiger partial charge in [-0.3, -0.25) is 4.98 Å². The van der Waals surface area contributed by atoms with E-state index in [4.69, 9.17) is 15.1 Å². The molecule has 0 aliphatic heterocycles. The summed E-state index contributed by atoms with van der Waals surface area (Å²) >= 11 is 0. The molecule has 0 atom stereocenters. The smallest absolute Gasteiger partial charge is 0.180 e. The fourth-order valence-electron chi connectivity index (χ4n) is 3.38. The number of nitrogens with one attached hydrogen (secondary N) is 1. The molecule has 8 heteroatoms. The highest BCUT2D eigenvalue weighted by Gasteiger charge is 2.22. The van der Waals surface area contributed by atoms with Crippen molar-refractivity contribution in [2.75, 3.05) is 0 Å². The minimum absolute atomic E-state index is 0.0758. The van der Waals surface area contributed by atoms with Gasteiger partial charge in [0, 0.05) is 29.2 Å². The molecule has 1 N–H and O–H groups in total. The summed E-state index contributed by atoms with van der Waals surface area (Å²) in [4.78, 5) is 9.55. The van der Waals surface area contributed by atoms with E-state index >= 15 is 0 Å². The van der Waals surface area contributed by atoms with Crippen LogP contribution in [0.5, 0.6) is 0 Å². The second-order valence-corrected chi connectivity index (χ2v) is 8.71. The van der Waals surface area contributed by atoms with Crippen LogP contribution >= 0.6 is 0 Å². The van der Waals surface area contributed by atoms with Crippen LogP contribution in [0.15, 0.2) is 42.6 Å². The Balaban J connectivity index is 1.60. The SMILES string of the molecule is CCCCc1nc(C(C)(C)C)nn1Cc1ccc(-c2ccccc2-c2nnn[nH]2)nc1. The Morgan fingerprint density at radius 1 is 1.03 bits per heavy atom. The van der Waals surface area contributed by atoms with Gasteiger partial charge >= 0.3 is 0 Å². The summed E-state index contributed by atoms with van der Waals surface area (Å²) in [5.41, 5.74) is 3.78. The van der Waals surface area contributed by atoms with Gasteiger partial charge in [0.05, 0.1) is 12.2 Å². The van der Waals surface area contributed by atoms with Crippen LogP contribution in [-0.2, 0) is 18.4 Å². The maximum Gasteiger partial charge on any atom is 0.180 e. The van der Waals surface area contributed by atoms with Crippen LogP contribution in [-0.4, -0.2) is 40.4 Å². The fraction of sp³-hybridized carbons (Fsp3) is 0.391. The molecule has 160 valence electrons. The molecule has 31 heavy (non-hydrogen) atoms. The number of aryl methyl sites for hydroxylation is 1. The van der Waals surface area contributed by atoms with Crippen molar-refractivity contribution in [3.8, 4) is 22.6 Å². The van der Waals surface area contributed by atoms with E-state index < -0.39 is 0 Å². The zero-order chi connectivity index (χ0) is 21.8. The topological polar surface area (TPSA) is 98.1 Å². The lowest BCUT2D eigenvalue weighted by Gasteiger charge is -2.12. The third-order valence-corrected chi connectivity index (χ3v) is 5.13. The third kappa shape index (κ3) is 4.68. The Hall–Kier alpha value is -3.42. The second kappa shape index (κ2) is 8.75. The highest BCUT2D eigenvalue weighted by atomic mass is 15.5. The zero-order valence-corrected chi connectivity index (χ0v) is 18.5. The van der Waals surface area contributed by atoms with Gasteiger partial charge in [0.1, 0.15) is 5.82 Å². The van der Waals surface area contributed by atoms with Gasteiger partial charge in [0.2, 0.25) is 0 Å². The van der Waals surface area contributed by atoms with Crippen molar-refractivity contribution in [2.45, 2.75) is 58.9 Å². The lowest BCUT2D eigenvalue weighted by Crippen LogP contribution is -2.14. The quantitative estimate of drug-likeness (QED) is 0.485. The van der Waals surface area contributed by atoms with Crippen molar-refractivity contribution in [1.29, 1.82) is 0 Å². The summed E-state index contributed by atoms with van der Waals surface area (Å²) in [5.74, 6) is 2.55. The number of H-pyrrole nitrogens is 1. The predicted molar refractivity (Wildman–Crippen MR) is 119 cm³/mol. The van der Waals surface area contributed by atoms with Gasteiger partial charge in [0.15, 0.2) is 11.6 Å². The Bertz CT molecular complexity index is 1120. The first-order valence-electron chi connectivity index (χ1n) is 10.7. The van der Waals surface area contributed by atoms with E-state index in [0.717, 1.165) is 53.3 Å². The maximum absolute atomic E-state index is 4.83. The largest absolute Gasteiger partial charge is 0.256 e. The van der Waals surface area contributed by atoms with E-state index in [9.17, 15) is 0 Å². The number of rotatable bonds is 7. The molecule has 0 radical (unpaired) electrons. The van der Waals surface area contributed by atoms with Gasteiger partial charge < -0.3 is 0 Å². The molecule has 0 saturated heterocycles. The third-order valence-electron chi connectivity index (χ3n) is 5.13. The van der Waals surface area contributed by atoms with Crippen LogP contribution in [0.25, 0.3) is 22.6 Å². The Labute approximate surface area is 182 Å². The molecule has 3 aromatic heterocycles. The van der Waals surface area contributed by atoms with Crippen molar-refractivity contribution in [1.82, 2.24) is 40.4 Å². The molecule has 0 bridgehead atoms. The minimum Gasteiger partial charge on any atom is -0.256 e. The van der Waals surface area contributed by atoms with Gasteiger partial charge in [-0.1, -0.05) is 64.4 Å². The van der Waals surface area contributed by atoms with E-state index in [1.54, 1.807) is 0 Å². The molecule has 4 aromatic rings. The van der Waals surface area contributed by atoms with Crippen LogP contribution in [0.2, 0.25) is 0 Å². The molecular weight excluding hydrogens is 388 g/mol. The second-order valence-electron chi connectivity index (χ2n) is 8.71. The summed E-state index contributed by atoms with van der Waals surface area (Å²) in [7, 11) is 0. The van der Waals surface area contributed by atoms with Crippen LogP contribution in [0.1, 0.15) is 57.7 Å². The molecule has 4 rings (SSSR count). The summed E-state index contributed by atoms with van der Waals surface area (Å²) < 4.78 is 2.03. The van der Waals surface area contributed by atoms with E-state index in [0.29, 0.717) is 12.4 Å². The van der Waals surface area contributed by atoms with E-state index in [1.807, 2.05) is 41.2 Å². The summed E-state index contributed by atoms with van der Waals surface area (Å²) in [6.45, 7) is 9.29. The lowest BCUT2D eigenvalue weighted by atomic mass is 9.96. The normalized spacial score (nSPS) is 11.7. The predicted octanol–water partition coefficient (Wildman–Crippen LogP) is 4.21. The van der Waals surface area contributed by atoms with Crippen LogP contribution < -0.4 is 0 Å². The molecule has 0 spiro atoms. The van der Waals surface area contributed by atoms with E-state index in [-0.39, 0.29) is 5.41 Å². The first kappa shape index (κ1) is 20.8. The highest BCUT2D eigenvalue weighted by Crippen LogP contribution is 2.28. The number of unbranched alkanes of at least 4 members (excludes halogenated alkanes) is 1.